The number of fused-ring (bicyclic) bond motifs is 2. The van der Waals surface area contributed by atoms with Gasteiger partial charge in [-0.1, -0.05) is 18.2 Å². The van der Waals surface area contributed by atoms with Gasteiger partial charge >= 0.3 is 0 Å². The van der Waals surface area contributed by atoms with Gasteiger partial charge in [0.15, 0.2) is 9.84 Å². The van der Waals surface area contributed by atoms with Crippen LogP contribution in [0.2, 0.25) is 0 Å². The molecule has 1 aliphatic heterocycles. The number of nitrogens with one attached hydrogen (secondary N) is 1. The van der Waals surface area contributed by atoms with Crippen LogP contribution < -0.4 is 5.32 Å². The number of hydrogen-bond acceptors (Lipinski definition) is 5. The van der Waals surface area contributed by atoms with Crippen molar-refractivity contribution in [3.05, 3.63) is 30.3 Å². The van der Waals surface area contributed by atoms with E-state index in [4.69, 9.17) is 5.11 Å². The predicted octanol–water partition coefficient (Wildman–Crippen LogP) is 0.586. The van der Waals surface area contributed by atoms with E-state index in [0.29, 0.717) is 13.1 Å². The lowest BCUT2D eigenvalue weighted by Crippen LogP contribution is -2.54. The molecule has 2 N–H and O–H groups in total. The molecule has 2 amide bonds. The minimum absolute atomic E-state index is 0.0296. The van der Waals surface area contributed by atoms with E-state index in [-0.39, 0.29) is 59.8 Å². The highest BCUT2D eigenvalue weighted by Gasteiger charge is 2.43. The van der Waals surface area contributed by atoms with E-state index < -0.39 is 9.84 Å². The number of piperidine rings is 1. The Bertz CT molecular complexity index is 767. The molecule has 1 saturated carbocycles. The van der Waals surface area contributed by atoms with Crippen molar-refractivity contribution in [1.29, 1.82) is 0 Å². The maximum atomic E-state index is 12.6. The van der Waals surface area contributed by atoms with Crippen LogP contribution in [0.25, 0.3) is 0 Å². The summed E-state index contributed by atoms with van der Waals surface area (Å²) >= 11 is 0. The van der Waals surface area contributed by atoms with Crippen LogP contribution in [0.1, 0.15) is 25.7 Å². The van der Waals surface area contributed by atoms with E-state index in [9.17, 15) is 18.0 Å². The van der Waals surface area contributed by atoms with E-state index in [1.165, 1.54) is 0 Å². The number of carbonyl (C=O) groups excluding carboxylic acids is 2. The SMILES string of the molecule is O=C(CCO)NC1[C@@H]2CC[C@H]1CN(C(=O)CCS(=O)(=O)c1ccccc1)C2. The van der Waals surface area contributed by atoms with E-state index in [1.807, 2.05) is 0 Å². The zero-order chi connectivity index (χ0) is 19.4. The number of rotatable bonds is 7. The number of hydrogen-bond donors (Lipinski definition) is 2. The maximum Gasteiger partial charge on any atom is 0.223 e. The second-order valence-electron chi connectivity index (χ2n) is 7.35. The molecule has 3 rings (SSSR count). The fourth-order valence-corrected chi connectivity index (χ4v) is 5.40. The van der Waals surface area contributed by atoms with Gasteiger partial charge < -0.3 is 15.3 Å². The normalized spacial score (nSPS) is 24.6. The number of benzene rings is 1. The molecule has 1 saturated heterocycles. The van der Waals surface area contributed by atoms with Gasteiger partial charge in [-0.25, -0.2) is 8.42 Å². The quantitative estimate of drug-likeness (QED) is 0.704. The van der Waals surface area contributed by atoms with Crippen LogP contribution in [0.5, 0.6) is 0 Å². The molecule has 8 heteroatoms. The first-order valence-corrected chi connectivity index (χ1v) is 11.0. The molecule has 27 heavy (non-hydrogen) atoms. The third-order valence-electron chi connectivity index (χ3n) is 5.54. The van der Waals surface area contributed by atoms with Crippen LogP contribution in [-0.2, 0) is 19.4 Å². The average Bonchev–Trinajstić information content (AvgIpc) is 2.88. The number of likely N-dealkylation sites (tertiary alicyclic amines) is 1. The topological polar surface area (TPSA) is 104 Å². The molecule has 1 unspecified atom stereocenters. The lowest BCUT2D eigenvalue weighted by Gasteiger charge is -2.38. The number of nitrogens with zero attached hydrogens (tertiary/aromatic N) is 1. The first kappa shape index (κ1) is 19.8. The third-order valence-corrected chi connectivity index (χ3v) is 7.27. The zero-order valence-electron chi connectivity index (χ0n) is 15.2. The average molecular weight is 394 g/mol. The van der Waals surface area contributed by atoms with E-state index in [1.54, 1.807) is 35.2 Å². The molecular formula is C19H26N2O5S. The van der Waals surface area contributed by atoms with Gasteiger partial charge in [0.05, 0.1) is 17.3 Å². The Morgan fingerprint density at radius 1 is 1.07 bits per heavy atom. The smallest absolute Gasteiger partial charge is 0.223 e. The number of aliphatic hydroxyl groups excluding tert-OH is 1. The lowest BCUT2D eigenvalue weighted by atomic mass is 9.91. The van der Waals surface area contributed by atoms with Gasteiger partial charge in [-0.3, -0.25) is 9.59 Å². The molecule has 1 aromatic carbocycles. The molecule has 3 atom stereocenters. The fraction of sp³-hybridized carbons (Fsp3) is 0.579. The molecular weight excluding hydrogens is 368 g/mol. The summed E-state index contributed by atoms with van der Waals surface area (Å²) in [6.07, 6.45) is 1.95. The lowest BCUT2D eigenvalue weighted by molar-refractivity contribution is -0.133. The molecule has 0 radical (unpaired) electrons. The summed E-state index contributed by atoms with van der Waals surface area (Å²) in [5.41, 5.74) is 0. The minimum atomic E-state index is -3.47. The molecule has 2 aliphatic rings. The van der Waals surface area contributed by atoms with Crippen molar-refractivity contribution in [2.75, 3.05) is 25.4 Å². The zero-order valence-corrected chi connectivity index (χ0v) is 16.0. The van der Waals surface area contributed by atoms with Crippen LogP contribution >= 0.6 is 0 Å². The summed E-state index contributed by atoms with van der Waals surface area (Å²) in [7, 11) is -3.47. The first-order valence-electron chi connectivity index (χ1n) is 9.36. The summed E-state index contributed by atoms with van der Waals surface area (Å²) in [6, 6.07) is 8.22. The van der Waals surface area contributed by atoms with Crippen LogP contribution in [0.15, 0.2) is 35.2 Å². The van der Waals surface area contributed by atoms with Crippen molar-refractivity contribution in [2.45, 2.75) is 36.6 Å². The second kappa shape index (κ2) is 8.39. The van der Waals surface area contributed by atoms with Crippen LogP contribution in [0.3, 0.4) is 0 Å². The molecule has 1 aliphatic carbocycles. The molecule has 7 nitrogen and oxygen atoms in total. The number of amides is 2. The number of aliphatic hydroxyl groups is 1. The maximum absolute atomic E-state index is 12.6. The summed E-state index contributed by atoms with van der Waals surface area (Å²) in [5.74, 6) is -0.111. The largest absolute Gasteiger partial charge is 0.396 e. The Morgan fingerprint density at radius 3 is 2.30 bits per heavy atom. The van der Waals surface area contributed by atoms with Crippen molar-refractivity contribution < 1.29 is 23.1 Å². The fourth-order valence-electron chi connectivity index (χ4n) is 4.15. The van der Waals surface area contributed by atoms with Gasteiger partial charge in [-0.05, 0) is 36.8 Å². The Morgan fingerprint density at radius 2 is 1.70 bits per heavy atom. The molecule has 2 bridgehead atoms. The Balaban J connectivity index is 1.55. The van der Waals surface area contributed by atoms with Crippen molar-refractivity contribution in [3.8, 4) is 0 Å². The predicted molar refractivity (Wildman–Crippen MR) is 99.5 cm³/mol. The number of sulfone groups is 1. The molecule has 0 spiro atoms. The van der Waals surface area contributed by atoms with Crippen molar-refractivity contribution in [3.63, 3.8) is 0 Å². The molecule has 1 heterocycles. The Hall–Kier alpha value is -1.93. The van der Waals surface area contributed by atoms with Crippen LogP contribution in [0, 0.1) is 11.8 Å². The van der Waals surface area contributed by atoms with Crippen molar-refractivity contribution in [1.82, 2.24) is 10.2 Å². The van der Waals surface area contributed by atoms with E-state index in [0.717, 1.165) is 12.8 Å². The van der Waals surface area contributed by atoms with Crippen LogP contribution in [0.4, 0.5) is 0 Å². The standard InChI is InChI=1S/C19H26N2O5S/c22-10-8-17(23)20-19-14-6-7-15(19)13-21(12-14)18(24)9-11-27(25,26)16-4-2-1-3-5-16/h1-5,14-15,19,22H,6-13H2,(H,20,23)/t14-,15+,19?. The van der Waals surface area contributed by atoms with Gasteiger partial charge in [-0.2, -0.15) is 0 Å². The van der Waals surface area contributed by atoms with Crippen molar-refractivity contribution >= 4 is 21.7 Å². The third kappa shape index (κ3) is 4.68. The van der Waals surface area contributed by atoms with Gasteiger partial charge in [0.1, 0.15) is 0 Å². The highest BCUT2D eigenvalue weighted by molar-refractivity contribution is 7.91. The minimum Gasteiger partial charge on any atom is -0.396 e. The summed E-state index contributed by atoms with van der Waals surface area (Å²) < 4.78 is 24.7. The van der Waals surface area contributed by atoms with E-state index in [2.05, 4.69) is 5.32 Å². The Kier molecular flexibility index (Phi) is 6.16. The molecule has 0 aromatic heterocycles. The van der Waals surface area contributed by atoms with Gasteiger partial charge in [0.25, 0.3) is 0 Å². The number of carbonyl (C=O) groups is 2. The Labute approximate surface area is 159 Å². The summed E-state index contributed by atoms with van der Waals surface area (Å²) in [6.45, 7) is 0.921. The van der Waals surface area contributed by atoms with Gasteiger partial charge in [0.2, 0.25) is 11.8 Å². The molecule has 1 aromatic rings. The highest BCUT2D eigenvalue weighted by Crippen LogP contribution is 2.37. The molecule has 148 valence electrons. The second-order valence-corrected chi connectivity index (χ2v) is 9.45. The molecule has 2 fully saturated rings. The van der Waals surface area contributed by atoms with E-state index >= 15 is 0 Å². The first-order chi connectivity index (χ1) is 12.9. The highest BCUT2D eigenvalue weighted by atomic mass is 32.2. The van der Waals surface area contributed by atoms with Crippen LogP contribution in [-0.4, -0.2) is 61.7 Å². The summed E-state index contributed by atoms with van der Waals surface area (Å²) in [4.78, 5) is 26.3. The monoisotopic (exact) mass is 394 g/mol. The van der Waals surface area contributed by atoms with Gasteiger partial charge in [0, 0.05) is 32.0 Å². The van der Waals surface area contributed by atoms with Gasteiger partial charge in [-0.15, -0.1) is 0 Å². The van der Waals surface area contributed by atoms with Crippen molar-refractivity contribution in [2.24, 2.45) is 11.8 Å². The summed E-state index contributed by atoms with van der Waals surface area (Å²) in [5, 5.41) is 11.9.